The summed E-state index contributed by atoms with van der Waals surface area (Å²) in [4.78, 5) is 29.1. The Morgan fingerprint density at radius 1 is 1.20 bits per heavy atom. The molecule has 1 aromatic carbocycles. The van der Waals surface area contributed by atoms with Gasteiger partial charge in [0.05, 0.1) is 18.7 Å². The number of fused-ring (bicyclic) bond motifs is 3. The Kier molecular flexibility index (Phi) is 4.28. The number of hydrogen-bond donors (Lipinski definition) is 1. The van der Waals surface area contributed by atoms with Crippen molar-refractivity contribution in [2.24, 2.45) is 5.92 Å². The van der Waals surface area contributed by atoms with Crippen LogP contribution in [0, 0.1) is 5.92 Å². The lowest BCUT2D eigenvalue weighted by Gasteiger charge is -2.59. The molecule has 0 radical (unpaired) electrons. The van der Waals surface area contributed by atoms with Gasteiger partial charge in [-0.15, -0.1) is 0 Å². The number of benzene rings is 1. The SMILES string of the molecule is CCCC(=O)N1C[C@@H]2[C@H](c3ccccc31)[C@H](CO)N2C(=O)CC1CC1. The fourth-order valence-electron chi connectivity index (χ4n) is 4.49. The molecule has 3 aliphatic rings. The molecule has 0 bridgehead atoms. The summed E-state index contributed by atoms with van der Waals surface area (Å²) in [5, 5.41) is 9.90. The normalized spacial score (nSPS) is 27.4. The van der Waals surface area contributed by atoms with Crippen LogP contribution in [0.1, 0.15) is 50.5 Å². The Morgan fingerprint density at radius 3 is 2.64 bits per heavy atom. The zero-order chi connectivity index (χ0) is 17.6. The van der Waals surface area contributed by atoms with Crippen LogP contribution in [-0.4, -0.2) is 47.1 Å². The molecular formula is C20H26N2O3. The molecule has 5 heteroatoms. The van der Waals surface area contributed by atoms with E-state index < -0.39 is 0 Å². The van der Waals surface area contributed by atoms with E-state index in [1.807, 2.05) is 41.0 Å². The highest BCUT2D eigenvalue weighted by Crippen LogP contribution is 2.49. The second-order valence-corrected chi connectivity index (χ2v) is 7.60. The quantitative estimate of drug-likeness (QED) is 0.893. The fourth-order valence-corrected chi connectivity index (χ4v) is 4.49. The summed E-state index contributed by atoms with van der Waals surface area (Å²) in [5.74, 6) is 0.926. The van der Waals surface area contributed by atoms with Gasteiger partial charge in [0, 0.05) is 31.0 Å². The second kappa shape index (κ2) is 6.45. The summed E-state index contributed by atoms with van der Waals surface area (Å²) in [7, 11) is 0. The summed E-state index contributed by atoms with van der Waals surface area (Å²) in [6, 6.07) is 7.81. The summed E-state index contributed by atoms with van der Waals surface area (Å²) in [5.41, 5.74) is 2.05. The van der Waals surface area contributed by atoms with Gasteiger partial charge in [-0.2, -0.15) is 0 Å². The van der Waals surface area contributed by atoms with Crippen molar-refractivity contribution in [2.45, 2.75) is 57.0 Å². The zero-order valence-corrected chi connectivity index (χ0v) is 14.7. The van der Waals surface area contributed by atoms with E-state index in [2.05, 4.69) is 0 Å². The van der Waals surface area contributed by atoms with E-state index in [1.165, 1.54) is 0 Å². The van der Waals surface area contributed by atoms with Gasteiger partial charge in [0.1, 0.15) is 0 Å². The highest BCUT2D eigenvalue weighted by molar-refractivity contribution is 5.95. The van der Waals surface area contributed by atoms with Crippen LogP contribution in [0.4, 0.5) is 5.69 Å². The van der Waals surface area contributed by atoms with Crippen LogP contribution < -0.4 is 4.90 Å². The average Bonchev–Trinajstić information content (AvgIpc) is 3.39. The van der Waals surface area contributed by atoms with Crippen LogP contribution in [-0.2, 0) is 9.59 Å². The maximum absolute atomic E-state index is 12.7. The van der Waals surface area contributed by atoms with Crippen LogP contribution in [0.25, 0.3) is 0 Å². The molecular weight excluding hydrogens is 316 g/mol. The van der Waals surface area contributed by atoms with Gasteiger partial charge in [0.25, 0.3) is 0 Å². The zero-order valence-electron chi connectivity index (χ0n) is 14.7. The number of amides is 2. The summed E-state index contributed by atoms with van der Waals surface area (Å²) in [6.45, 7) is 2.54. The van der Waals surface area contributed by atoms with Gasteiger partial charge in [0.2, 0.25) is 11.8 Å². The third-order valence-corrected chi connectivity index (χ3v) is 5.90. The number of para-hydroxylation sites is 1. The van der Waals surface area contributed by atoms with Crippen LogP contribution in [0.15, 0.2) is 24.3 Å². The number of aliphatic hydroxyl groups is 1. The molecule has 2 heterocycles. The van der Waals surface area contributed by atoms with E-state index in [0.717, 1.165) is 30.5 Å². The van der Waals surface area contributed by atoms with Crippen molar-refractivity contribution in [1.29, 1.82) is 0 Å². The first-order chi connectivity index (χ1) is 12.2. The van der Waals surface area contributed by atoms with E-state index in [0.29, 0.717) is 25.3 Å². The van der Waals surface area contributed by atoms with Crippen molar-refractivity contribution in [2.75, 3.05) is 18.1 Å². The molecule has 1 saturated carbocycles. The van der Waals surface area contributed by atoms with Crippen molar-refractivity contribution < 1.29 is 14.7 Å². The predicted molar refractivity (Wildman–Crippen MR) is 95.3 cm³/mol. The molecule has 5 nitrogen and oxygen atoms in total. The first-order valence-corrected chi connectivity index (χ1v) is 9.47. The number of carbonyl (C=O) groups excluding carboxylic acids is 2. The topological polar surface area (TPSA) is 60.9 Å². The molecule has 0 aromatic heterocycles. The molecule has 25 heavy (non-hydrogen) atoms. The molecule has 1 N–H and O–H groups in total. The number of rotatable bonds is 5. The monoisotopic (exact) mass is 342 g/mol. The molecule has 4 rings (SSSR count). The number of aliphatic hydroxyl groups excluding tert-OH is 1. The molecule has 1 aliphatic carbocycles. The number of carbonyl (C=O) groups is 2. The highest BCUT2D eigenvalue weighted by atomic mass is 16.3. The van der Waals surface area contributed by atoms with Crippen LogP contribution in [0.3, 0.4) is 0 Å². The largest absolute Gasteiger partial charge is 0.394 e. The summed E-state index contributed by atoms with van der Waals surface area (Å²) < 4.78 is 0. The molecule has 0 unspecified atom stereocenters. The second-order valence-electron chi connectivity index (χ2n) is 7.60. The Morgan fingerprint density at radius 2 is 1.96 bits per heavy atom. The van der Waals surface area contributed by atoms with E-state index in [1.54, 1.807) is 0 Å². The Bertz CT molecular complexity index is 685. The van der Waals surface area contributed by atoms with Gasteiger partial charge >= 0.3 is 0 Å². The van der Waals surface area contributed by atoms with Crippen molar-refractivity contribution in [3.63, 3.8) is 0 Å². The Hall–Kier alpha value is -1.88. The van der Waals surface area contributed by atoms with Gasteiger partial charge in [0.15, 0.2) is 0 Å². The van der Waals surface area contributed by atoms with Crippen molar-refractivity contribution in [3.05, 3.63) is 29.8 Å². The van der Waals surface area contributed by atoms with E-state index in [9.17, 15) is 14.7 Å². The number of anilines is 1. The van der Waals surface area contributed by atoms with Gasteiger partial charge in [-0.25, -0.2) is 0 Å². The number of nitrogens with zero attached hydrogens (tertiary/aromatic N) is 2. The number of hydrogen-bond acceptors (Lipinski definition) is 3. The minimum absolute atomic E-state index is 0.000828. The maximum Gasteiger partial charge on any atom is 0.227 e. The Labute approximate surface area is 148 Å². The molecule has 3 atom stereocenters. The Balaban J connectivity index is 1.64. The minimum Gasteiger partial charge on any atom is -0.394 e. The minimum atomic E-state index is -0.152. The first kappa shape index (κ1) is 16.6. The molecule has 2 fully saturated rings. The summed E-state index contributed by atoms with van der Waals surface area (Å²) >= 11 is 0. The van der Waals surface area contributed by atoms with Crippen LogP contribution in [0.5, 0.6) is 0 Å². The van der Waals surface area contributed by atoms with Crippen molar-refractivity contribution in [1.82, 2.24) is 4.90 Å². The van der Waals surface area contributed by atoms with Gasteiger partial charge in [-0.05, 0) is 36.8 Å². The summed E-state index contributed by atoms with van der Waals surface area (Å²) in [6.07, 6.45) is 4.20. The highest BCUT2D eigenvalue weighted by Gasteiger charge is 2.55. The van der Waals surface area contributed by atoms with Crippen LogP contribution in [0.2, 0.25) is 0 Å². The molecule has 1 saturated heterocycles. The number of likely N-dealkylation sites (tertiary alicyclic amines) is 1. The smallest absolute Gasteiger partial charge is 0.227 e. The lowest BCUT2D eigenvalue weighted by molar-refractivity contribution is -0.151. The predicted octanol–water partition coefficient (Wildman–Crippen LogP) is 2.29. The van der Waals surface area contributed by atoms with Gasteiger partial charge < -0.3 is 14.9 Å². The third kappa shape index (κ3) is 2.74. The van der Waals surface area contributed by atoms with Crippen molar-refractivity contribution in [3.8, 4) is 0 Å². The fraction of sp³-hybridized carbons (Fsp3) is 0.600. The molecule has 0 spiro atoms. The molecule has 1 aromatic rings. The van der Waals surface area contributed by atoms with Crippen LogP contribution >= 0.6 is 0 Å². The average molecular weight is 342 g/mol. The molecule has 2 amide bonds. The maximum atomic E-state index is 12.7. The van der Waals surface area contributed by atoms with E-state index in [-0.39, 0.29) is 36.4 Å². The van der Waals surface area contributed by atoms with E-state index in [4.69, 9.17) is 0 Å². The van der Waals surface area contributed by atoms with Gasteiger partial charge in [-0.3, -0.25) is 9.59 Å². The lowest BCUT2D eigenvalue weighted by Crippen LogP contribution is -2.70. The standard InChI is InChI=1S/C20H26N2O3/c1-2-5-18(24)21-11-16-20(14-6-3-4-7-15(14)21)17(12-23)22(16)19(25)10-13-8-9-13/h3-4,6-7,13,16-17,20,23H,2,5,8-12H2,1H3/t16-,17+,20+/m1/s1. The lowest BCUT2D eigenvalue weighted by atomic mass is 9.71. The third-order valence-electron chi connectivity index (χ3n) is 5.90. The van der Waals surface area contributed by atoms with E-state index >= 15 is 0 Å². The van der Waals surface area contributed by atoms with Gasteiger partial charge in [-0.1, -0.05) is 25.1 Å². The molecule has 134 valence electrons. The van der Waals surface area contributed by atoms with Crippen molar-refractivity contribution >= 4 is 17.5 Å². The first-order valence-electron chi connectivity index (χ1n) is 9.47. The molecule has 2 aliphatic heterocycles.